The molecule has 0 aliphatic carbocycles. The van der Waals surface area contributed by atoms with E-state index < -0.39 is 0 Å². The summed E-state index contributed by atoms with van der Waals surface area (Å²) < 4.78 is 3.88. The molecule has 0 bridgehead atoms. The van der Waals surface area contributed by atoms with Gasteiger partial charge in [-0.1, -0.05) is 92.5 Å². The molecule has 2 nitrogen and oxygen atoms in total. The second-order valence-corrected chi connectivity index (χ2v) is 13.5. The van der Waals surface area contributed by atoms with E-state index in [1.807, 2.05) is 24.3 Å². The van der Waals surface area contributed by atoms with Crippen molar-refractivity contribution in [3.05, 3.63) is 103 Å². The number of rotatable bonds is 4. The predicted molar refractivity (Wildman–Crippen MR) is 174 cm³/mol. The second-order valence-electron chi connectivity index (χ2n) is 7.83. The van der Waals surface area contributed by atoms with Gasteiger partial charge in [-0.25, -0.2) is 9.98 Å². The molecule has 1 heterocycles. The molecule has 1 saturated heterocycles. The first-order valence-electron chi connectivity index (χ1n) is 11.0. The fourth-order valence-electron chi connectivity index (χ4n) is 3.80. The smallest absolute Gasteiger partial charge is 0.129 e. The highest BCUT2D eigenvalue weighted by Gasteiger charge is 2.21. The van der Waals surface area contributed by atoms with Crippen LogP contribution in [-0.2, 0) is 0 Å². The van der Waals surface area contributed by atoms with Gasteiger partial charge < -0.3 is 0 Å². The molecule has 0 radical (unpaired) electrons. The van der Waals surface area contributed by atoms with E-state index >= 15 is 0 Å². The largest absolute Gasteiger partial charge is 0.237 e. The van der Waals surface area contributed by atoms with Crippen LogP contribution >= 0.6 is 87.2 Å². The first-order chi connectivity index (χ1) is 17.5. The molecule has 1 fully saturated rings. The van der Waals surface area contributed by atoms with Crippen molar-refractivity contribution in [3.8, 4) is 22.3 Å². The molecule has 0 amide bonds. The highest BCUT2D eigenvalue weighted by molar-refractivity contribution is 9.11. The van der Waals surface area contributed by atoms with Crippen LogP contribution in [0.2, 0.25) is 0 Å². The molecule has 0 N–H and O–H groups in total. The summed E-state index contributed by atoms with van der Waals surface area (Å²) >= 11 is 18.3. The maximum absolute atomic E-state index is 5.20. The van der Waals surface area contributed by atoms with Gasteiger partial charge in [-0.05, 0) is 67.3 Å². The Hall–Kier alpha value is -1.16. The summed E-state index contributed by atoms with van der Waals surface area (Å²) in [6.45, 7) is 0. The van der Waals surface area contributed by atoms with Crippen LogP contribution in [0.3, 0.4) is 0 Å². The van der Waals surface area contributed by atoms with Crippen LogP contribution in [0.1, 0.15) is 0 Å². The van der Waals surface area contributed by atoms with E-state index in [2.05, 4.69) is 124 Å². The zero-order chi connectivity index (χ0) is 25.1. The zero-order valence-corrected chi connectivity index (χ0v) is 26.7. The Morgan fingerprint density at radius 2 is 0.917 bits per heavy atom. The molecular weight excluding hydrogens is 748 g/mol. The lowest BCUT2D eigenvalue weighted by atomic mass is 10.0. The van der Waals surface area contributed by atoms with Gasteiger partial charge in [0.2, 0.25) is 0 Å². The fraction of sp³-hybridized carbons (Fsp3) is 0.0714. The number of nitrogens with zero attached hydrogens (tertiary/aromatic N) is 2. The van der Waals surface area contributed by atoms with Gasteiger partial charge in [-0.15, -0.1) is 23.5 Å². The average Bonchev–Trinajstić information content (AvgIpc) is 2.89. The van der Waals surface area contributed by atoms with Crippen molar-refractivity contribution < 1.29 is 0 Å². The first kappa shape index (κ1) is 26.4. The molecule has 1 aliphatic rings. The van der Waals surface area contributed by atoms with Crippen molar-refractivity contribution in [3.63, 3.8) is 0 Å². The van der Waals surface area contributed by atoms with Crippen molar-refractivity contribution in [2.24, 2.45) is 9.98 Å². The Bertz CT molecular complexity index is 1360. The van der Waals surface area contributed by atoms with Crippen LogP contribution in [0.25, 0.3) is 22.3 Å². The molecule has 1 aliphatic heterocycles. The number of halogens is 4. The Labute approximate surface area is 253 Å². The van der Waals surface area contributed by atoms with E-state index in [0.29, 0.717) is 0 Å². The Kier molecular flexibility index (Phi) is 8.91. The number of thioether (sulfide) groups is 2. The van der Waals surface area contributed by atoms with E-state index in [9.17, 15) is 0 Å². The third-order valence-electron chi connectivity index (χ3n) is 5.40. The topological polar surface area (TPSA) is 24.7 Å². The van der Waals surface area contributed by atoms with Crippen LogP contribution in [0.15, 0.2) is 113 Å². The number of hydrogen-bond donors (Lipinski definition) is 0. The average molecular weight is 766 g/mol. The fourth-order valence-corrected chi connectivity index (χ4v) is 8.48. The molecule has 0 atom stereocenters. The Balaban J connectivity index is 1.66. The summed E-state index contributed by atoms with van der Waals surface area (Å²) in [4.78, 5) is 10.4. The molecule has 0 aromatic heterocycles. The summed E-state index contributed by atoms with van der Waals surface area (Å²) in [7, 11) is 0. The molecule has 8 heteroatoms. The summed E-state index contributed by atoms with van der Waals surface area (Å²) in [5.74, 6) is 1.98. The molecule has 4 aromatic rings. The van der Waals surface area contributed by atoms with Gasteiger partial charge >= 0.3 is 0 Å². The van der Waals surface area contributed by atoms with E-state index in [1.54, 1.807) is 23.5 Å². The lowest BCUT2D eigenvalue weighted by molar-refractivity contribution is 1.45. The molecule has 180 valence electrons. The van der Waals surface area contributed by atoms with Crippen LogP contribution in [0.4, 0.5) is 11.4 Å². The quantitative estimate of drug-likeness (QED) is 0.207. The van der Waals surface area contributed by atoms with Gasteiger partial charge in [0.15, 0.2) is 0 Å². The zero-order valence-electron chi connectivity index (χ0n) is 18.7. The van der Waals surface area contributed by atoms with Crippen molar-refractivity contribution >= 4 is 109 Å². The standard InChI is InChI=1S/C28H18Br4N2S2/c29-19-13-21(17-7-3-1-4-8-17)25(23(31)15-19)33-27-28(36-12-11-35-27)34-26-22(14-20(30)16-24(26)32)18-9-5-2-6-10-18/h1-10,13-16H,11-12H2. The summed E-state index contributed by atoms with van der Waals surface area (Å²) in [5.41, 5.74) is 6.17. The molecular formula is C28H18Br4N2S2. The van der Waals surface area contributed by atoms with E-state index in [4.69, 9.17) is 9.98 Å². The van der Waals surface area contributed by atoms with Crippen molar-refractivity contribution in [1.29, 1.82) is 0 Å². The summed E-state index contributed by atoms with van der Waals surface area (Å²) in [6, 6.07) is 29.0. The first-order valence-corrected chi connectivity index (χ1v) is 16.2. The Morgan fingerprint density at radius 3 is 1.31 bits per heavy atom. The van der Waals surface area contributed by atoms with Gasteiger partial charge in [-0.3, -0.25) is 0 Å². The highest BCUT2D eigenvalue weighted by Crippen LogP contribution is 2.43. The van der Waals surface area contributed by atoms with Gasteiger partial charge in [0.05, 0.1) is 11.4 Å². The predicted octanol–water partition coefficient (Wildman–Crippen LogP) is 11.3. The van der Waals surface area contributed by atoms with Crippen LogP contribution in [-0.4, -0.2) is 21.6 Å². The van der Waals surface area contributed by atoms with Gasteiger partial charge in [-0.2, -0.15) is 0 Å². The second kappa shape index (κ2) is 12.1. The van der Waals surface area contributed by atoms with Gasteiger partial charge in [0, 0.05) is 40.5 Å². The van der Waals surface area contributed by atoms with Gasteiger partial charge in [0.1, 0.15) is 10.1 Å². The minimum absolute atomic E-state index is 0.903. The van der Waals surface area contributed by atoms with E-state index in [0.717, 1.165) is 73.1 Å². The molecule has 0 unspecified atom stereocenters. The Morgan fingerprint density at radius 1 is 0.528 bits per heavy atom. The number of aliphatic imine (C=N–C) groups is 2. The van der Waals surface area contributed by atoms with Crippen LogP contribution in [0.5, 0.6) is 0 Å². The van der Waals surface area contributed by atoms with Gasteiger partial charge in [0.25, 0.3) is 0 Å². The summed E-state index contributed by atoms with van der Waals surface area (Å²) in [5, 5.41) is 1.86. The lowest BCUT2D eigenvalue weighted by Crippen LogP contribution is -2.14. The lowest BCUT2D eigenvalue weighted by Gasteiger charge is -2.18. The minimum Gasteiger partial charge on any atom is -0.237 e. The molecule has 36 heavy (non-hydrogen) atoms. The molecule has 0 saturated carbocycles. The van der Waals surface area contributed by atoms with Crippen molar-refractivity contribution in [2.45, 2.75) is 0 Å². The SMILES string of the molecule is Brc1cc(Br)c(N=C2SCCSC2=Nc2c(Br)cc(Br)cc2-c2ccccc2)c(-c2ccccc2)c1. The molecule has 5 rings (SSSR count). The third kappa shape index (κ3) is 6.11. The van der Waals surface area contributed by atoms with Crippen molar-refractivity contribution in [1.82, 2.24) is 0 Å². The molecule has 4 aromatic carbocycles. The molecule has 0 spiro atoms. The maximum atomic E-state index is 5.20. The van der Waals surface area contributed by atoms with Crippen molar-refractivity contribution in [2.75, 3.05) is 11.5 Å². The number of benzene rings is 4. The van der Waals surface area contributed by atoms with Crippen LogP contribution in [0, 0.1) is 0 Å². The normalized spacial score (nSPS) is 16.0. The third-order valence-corrected chi connectivity index (χ3v) is 9.84. The van der Waals surface area contributed by atoms with Crippen LogP contribution < -0.4 is 0 Å². The summed E-state index contributed by atoms with van der Waals surface area (Å²) in [6.07, 6.45) is 0. The maximum Gasteiger partial charge on any atom is 0.129 e. The minimum atomic E-state index is 0.903. The number of hydrogen-bond acceptors (Lipinski definition) is 4. The highest BCUT2D eigenvalue weighted by atomic mass is 79.9. The van der Waals surface area contributed by atoms with E-state index in [1.165, 1.54) is 0 Å². The van der Waals surface area contributed by atoms with E-state index in [-0.39, 0.29) is 0 Å². The monoisotopic (exact) mass is 762 g/mol.